The van der Waals surface area contributed by atoms with E-state index in [9.17, 15) is 4.79 Å². The summed E-state index contributed by atoms with van der Waals surface area (Å²) >= 11 is 3.52. The van der Waals surface area contributed by atoms with Crippen LogP contribution in [0.2, 0.25) is 0 Å². The van der Waals surface area contributed by atoms with Gasteiger partial charge in [0.2, 0.25) is 0 Å². The Bertz CT molecular complexity index is 1200. The third-order valence-corrected chi connectivity index (χ3v) is 5.94. The van der Waals surface area contributed by atoms with E-state index in [-0.39, 0.29) is 11.7 Å². The van der Waals surface area contributed by atoms with E-state index in [0.29, 0.717) is 24.7 Å². The van der Waals surface area contributed by atoms with Crippen molar-refractivity contribution in [2.45, 2.75) is 33.9 Å². The number of nitrogens with zero attached hydrogens (tertiary/aromatic N) is 4. The monoisotopic (exact) mass is 467 g/mol. The Balaban J connectivity index is 1.40. The Morgan fingerprint density at radius 1 is 1.10 bits per heavy atom. The number of carbonyl (C=O) groups is 1. The second-order valence-corrected chi connectivity index (χ2v) is 8.04. The fourth-order valence-electron chi connectivity index (χ4n) is 3.25. The van der Waals surface area contributed by atoms with Crippen LogP contribution in [0.3, 0.4) is 0 Å². The summed E-state index contributed by atoms with van der Waals surface area (Å²) in [6, 6.07) is 13.5. The smallest absolute Gasteiger partial charge is 0.292 e. The maximum Gasteiger partial charge on any atom is 0.292 e. The number of aromatic nitrogens is 4. The van der Waals surface area contributed by atoms with Crippen LogP contribution in [0, 0.1) is 20.8 Å². The molecule has 4 rings (SSSR count). The van der Waals surface area contributed by atoms with Crippen molar-refractivity contribution >= 4 is 27.7 Å². The van der Waals surface area contributed by atoms with Crippen molar-refractivity contribution in [3.05, 3.63) is 87.2 Å². The van der Waals surface area contributed by atoms with Gasteiger partial charge in [-0.25, -0.2) is 0 Å². The first-order valence-electron chi connectivity index (χ1n) is 9.57. The SMILES string of the molecule is Cc1cccc(Cn2ccc(NC(=O)c3ccc(Cn4nc(C)c(Br)c4C)o3)n2)c1. The summed E-state index contributed by atoms with van der Waals surface area (Å²) in [7, 11) is 0. The lowest BCUT2D eigenvalue weighted by Crippen LogP contribution is -2.12. The minimum Gasteiger partial charge on any atom is -0.454 e. The van der Waals surface area contributed by atoms with Gasteiger partial charge in [-0.1, -0.05) is 29.8 Å². The zero-order valence-corrected chi connectivity index (χ0v) is 18.6. The molecule has 8 heteroatoms. The molecular weight excluding hydrogens is 446 g/mol. The lowest BCUT2D eigenvalue weighted by atomic mass is 10.1. The Labute approximate surface area is 182 Å². The Morgan fingerprint density at radius 3 is 2.67 bits per heavy atom. The van der Waals surface area contributed by atoms with Crippen LogP contribution in [0.1, 0.15) is 38.8 Å². The highest BCUT2D eigenvalue weighted by Gasteiger charge is 2.15. The molecule has 1 aromatic carbocycles. The molecule has 7 nitrogen and oxygen atoms in total. The molecule has 30 heavy (non-hydrogen) atoms. The zero-order valence-electron chi connectivity index (χ0n) is 17.0. The molecule has 4 aromatic rings. The Kier molecular flexibility index (Phi) is 5.59. The first-order chi connectivity index (χ1) is 14.4. The highest BCUT2D eigenvalue weighted by atomic mass is 79.9. The number of anilines is 1. The summed E-state index contributed by atoms with van der Waals surface area (Å²) < 4.78 is 10.3. The number of amides is 1. The number of rotatable bonds is 6. The van der Waals surface area contributed by atoms with Crippen molar-refractivity contribution < 1.29 is 9.21 Å². The topological polar surface area (TPSA) is 77.9 Å². The van der Waals surface area contributed by atoms with Gasteiger partial charge in [0.15, 0.2) is 11.6 Å². The Morgan fingerprint density at radius 2 is 1.93 bits per heavy atom. The minimum atomic E-state index is -0.336. The standard InChI is InChI=1S/C22H22BrN5O2/c1-14-5-4-6-17(11-14)12-27-10-9-20(26-27)24-22(29)19-8-7-18(30-19)13-28-16(3)21(23)15(2)25-28/h4-11H,12-13H2,1-3H3,(H,24,26,29). The number of furan rings is 1. The number of nitrogens with one attached hydrogen (secondary N) is 1. The van der Waals surface area contributed by atoms with Crippen molar-refractivity contribution in [1.82, 2.24) is 19.6 Å². The number of hydrogen-bond acceptors (Lipinski definition) is 4. The summed E-state index contributed by atoms with van der Waals surface area (Å²) in [5.41, 5.74) is 4.28. The van der Waals surface area contributed by atoms with E-state index in [0.717, 1.165) is 21.4 Å². The van der Waals surface area contributed by atoms with Gasteiger partial charge >= 0.3 is 0 Å². The third-order valence-electron chi connectivity index (χ3n) is 4.79. The molecule has 154 valence electrons. The first-order valence-corrected chi connectivity index (χ1v) is 10.4. The van der Waals surface area contributed by atoms with Gasteiger partial charge in [0, 0.05) is 12.3 Å². The van der Waals surface area contributed by atoms with Gasteiger partial charge in [-0.15, -0.1) is 0 Å². The lowest BCUT2D eigenvalue weighted by molar-refractivity contribution is 0.0994. The summed E-state index contributed by atoms with van der Waals surface area (Å²) in [4.78, 5) is 12.5. The molecule has 1 amide bonds. The number of hydrogen-bond donors (Lipinski definition) is 1. The van der Waals surface area contributed by atoms with Crippen molar-refractivity contribution in [3.63, 3.8) is 0 Å². The maximum absolute atomic E-state index is 12.5. The fourth-order valence-corrected chi connectivity index (χ4v) is 3.54. The van der Waals surface area contributed by atoms with E-state index < -0.39 is 0 Å². The van der Waals surface area contributed by atoms with Crippen molar-refractivity contribution in [2.24, 2.45) is 0 Å². The fraction of sp³-hybridized carbons (Fsp3) is 0.227. The molecule has 0 saturated heterocycles. The minimum absolute atomic E-state index is 0.235. The predicted molar refractivity (Wildman–Crippen MR) is 118 cm³/mol. The third kappa shape index (κ3) is 4.38. The average Bonchev–Trinajstić information content (AvgIpc) is 3.40. The van der Waals surface area contributed by atoms with Gasteiger partial charge in [-0.2, -0.15) is 10.2 Å². The molecule has 0 spiro atoms. The van der Waals surface area contributed by atoms with Gasteiger partial charge in [0.25, 0.3) is 5.91 Å². The molecule has 3 heterocycles. The largest absolute Gasteiger partial charge is 0.454 e. The van der Waals surface area contributed by atoms with E-state index in [1.54, 1.807) is 22.9 Å². The lowest BCUT2D eigenvalue weighted by Gasteiger charge is -2.03. The van der Waals surface area contributed by atoms with Crippen LogP contribution >= 0.6 is 15.9 Å². The quantitative estimate of drug-likeness (QED) is 0.445. The van der Waals surface area contributed by atoms with Crippen LogP contribution in [-0.2, 0) is 13.1 Å². The highest BCUT2D eigenvalue weighted by molar-refractivity contribution is 9.10. The molecule has 0 bridgehead atoms. The van der Waals surface area contributed by atoms with Crippen LogP contribution in [0.15, 0.2) is 57.6 Å². The molecule has 0 saturated carbocycles. The van der Waals surface area contributed by atoms with E-state index in [4.69, 9.17) is 4.42 Å². The molecule has 0 aliphatic rings. The summed E-state index contributed by atoms with van der Waals surface area (Å²) in [6.07, 6.45) is 1.84. The summed E-state index contributed by atoms with van der Waals surface area (Å²) in [5.74, 6) is 1.03. The van der Waals surface area contributed by atoms with E-state index >= 15 is 0 Å². The van der Waals surface area contributed by atoms with Gasteiger partial charge in [-0.3, -0.25) is 14.2 Å². The molecule has 1 N–H and O–H groups in total. The number of halogens is 1. The van der Waals surface area contributed by atoms with Crippen molar-refractivity contribution in [3.8, 4) is 0 Å². The van der Waals surface area contributed by atoms with Gasteiger partial charge in [0.1, 0.15) is 5.76 Å². The molecule has 3 aromatic heterocycles. The van der Waals surface area contributed by atoms with Crippen LogP contribution < -0.4 is 5.32 Å². The number of benzene rings is 1. The molecule has 0 aliphatic heterocycles. The molecule has 0 aliphatic carbocycles. The molecule has 0 unspecified atom stereocenters. The molecule has 0 fully saturated rings. The average molecular weight is 468 g/mol. The van der Waals surface area contributed by atoms with E-state index in [2.05, 4.69) is 56.6 Å². The maximum atomic E-state index is 12.5. The number of aryl methyl sites for hydroxylation is 2. The van der Waals surface area contributed by atoms with Gasteiger partial charge in [0.05, 0.1) is 29.0 Å². The first kappa shape index (κ1) is 20.2. The van der Waals surface area contributed by atoms with Crippen molar-refractivity contribution in [2.75, 3.05) is 5.32 Å². The van der Waals surface area contributed by atoms with Crippen LogP contribution in [0.5, 0.6) is 0 Å². The predicted octanol–water partition coefficient (Wildman–Crippen LogP) is 4.71. The zero-order chi connectivity index (χ0) is 21.3. The number of carbonyl (C=O) groups excluding carboxylic acids is 1. The van der Waals surface area contributed by atoms with E-state index in [1.165, 1.54) is 5.56 Å². The van der Waals surface area contributed by atoms with Crippen LogP contribution in [-0.4, -0.2) is 25.5 Å². The second kappa shape index (κ2) is 8.31. The Hall–Kier alpha value is -3.13. The van der Waals surface area contributed by atoms with Crippen LogP contribution in [0.4, 0.5) is 5.82 Å². The van der Waals surface area contributed by atoms with Gasteiger partial charge in [-0.05, 0) is 54.4 Å². The molecule has 0 radical (unpaired) electrons. The summed E-state index contributed by atoms with van der Waals surface area (Å²) in [5, 5.41) is 11.7. The summed E-state index contributed by atoms with van der Waals surface area (Å²) in [6.45, 7) is 7.07. The highest BCUT2D eigenvalue weighted by Crippen LogP contribution is 2.21. The normalized spacial score (nSPS) is 11.1. The second-order valence-electron chi connectivity index (χ2n) is 7.25. The van der Waals surface area contributed by atoms with E-state index in [1.807, 2.05) is 30.8 Å². The molecule has 0 atom stereocenters. The molecular formula is C22H22BrN5O2. The van der Waals surface area contributed by atoms with Crippen LogP contribution in [0.25, 0.3) is 0 Å². The van der Waals surface area contributed by atoms with Gasteiger partial charge < -0.3 is 9.73 Å². The van der Waals surface area contributed by atoms with Crippen molar-refractivity contribution in [1.29, 1.82) is 0 Å².